The molecular weight excluding hydrogens is 401 g/mol. The molecule has 0 radical (unpaired) electrons. The monoisotopic (exact) mass is 423 g/mol. The summed E-state index contributed by atoms with van der Waals surface area (Å²) in [6, 6.07) is 10.5. The van der Waals surface area contributed by atoms with Crippen molar-refractivity contribution in [2.45, 2.75) is 36.5 Å². The van der Waals surface area contributed by atoms with Crippen LogP contribution >= 0.6 is 0 Å². The predicted molar refractivity (Wildman–Crippen MR) is 103 cm³/mol. The smallest absolute Gasteiger partial charge is 0.322 e. The average molecular weight is 423 g/mol. The number of benzene rings is 2. The zero-order valence-corrected chi connectivity index (χ0v) is 16.6. The van der Waals surface area contributed by atoms with Crippen LogP contribution in [0.3, 0.4) is 0 Å². The van der Waals surface area contributed by atoms with E-state index in [1.54, 1.807) is 12.1 Å². The number of piperidine rings is 1. The van der Waals surface area contributed by atoms with Crippen molar-refractivity contribution >= 4 is 16.0 Å². The number of rotatable bonds is 7. The largest absolute Gasteiger partial charge is 0.489 e. The minimum atomic E-state index is -3.98. The minimum absolute atomic E-state index is 0.00579. The van der Waals surface area contributed by atoms with Crippen LogP contribution in [0.15, 0.2) is 53.4 Å². The third kappa shape index (κ3) is 4.92. The molecule has 0 spiro atoms. The molecule has 1 aliphatic heterocycles. The summed E-state index contributed by atoms with van der Waals surface area (Å²) in [5.74, 6) is -1.09. The summed E-state index contributed by atoms with van der Waals surface area (Å²) in [4.78, 5) is 11.6. The fourth-order valence-electron chi connectivity index (χ4n) is 3.23. The Balaban J connectivity index is 1.72. The van der Waals surface area contributed by atoms with Crippen molar-refractivity contribution in [2.24, 2.45) is 0 Å². The molecule has 2 atom stereocenters. The van der Waals surface area contributed by atoms with Gasteiger partial charge in [0.05, 0.1) is 11.0 Å². The summed E-state index contributed by atoms with van der Waals surface area (Å²) >= 11 is 0. The molecule has 1 heterocycles. The zero-order chi connectivity index (χ0) is 21.0. The standard InChI is InChI=1S/C20H22FNO6S/c1-27-17-10-11-22(19(12-17)20(23)24)29(25,26)18-8-6-16(7-9-18)28-13-14-2-4-15(21)5-3-14/h2-9,17,19H,10-13H2,1H3,(H,23,24). The molecule has 2 aromatic rings. The highest BCUT2D eigenvalue weighted by molar-refractivity contribution is 7.89. The molecule has 0 aromatic heterocycles. The van der Waals surface area contributed by atoms with E-state index in [2.05, 4.69) is 0 Å². The Morgan fingerprint density at radius 1 is 1.17 bits per heavy atom. The van der Waals surface area contributed by atoms with Crippen LogP contribution in [0.25, 0.3) is 0 Å². The number of methoxy groups -OCH3 is 1. The number of halogens is 1. The van der Waals surface area contributed by atoms with E-state index >= 15 is 0 Å². The second-order valence-corrected chi connectivity index (χ2v) is 8.63. The lowest BCUT2D eigenvalue weighted by Gasteiger charge is -2.35. The zero-order valence-electron chi connectivity index (χ0n) is 15.8. The second kappa shape index (κ2) is 8.89. The lowest BCUT2D eigenvalue weighted by molar-refractivity contribution is -0.144. The number of aliphatic carboxylic acids is 1. The molecule has 0 bridgehead atoms. The van der Waals surface area contributed by atoms with Gasteiger partial charge in [0.15, 0.2) is 0 Å². The molecule has 1 fully saturated rings. The molecule has 156 valence electrons. The Labute approximate surface area is 168 Å². The molecule has 7 nitrogen and oxygen atoms in total. The van der Waals surface area contributed by atoms with Gasteiger partial charge in [-0.3, -0.25) is 4.79 Å². The molecular formula is C20H22FNO6S. The van der Waals surface area contributed by atoms with Gasteiger partial charge in [0.2, 0.25) is 10.0 Å². The summed E-state index contributed by atoms with van der Waals surface area (Å²) < 4.78 is 50.7. The van der Waals surface area contributed by atoms with Gasteiger partial charge in [-0.05, 0) is 48.4 Å². The van der Waals surface area contributed by atoms with Crippen LogP contribution in [-0.4, -0.2) is 49.6 Å². The van der Waals surface area contributed by atoms with Crippen molar-refractivity contribution < 1.29 is 32.2 Å². The van der Waals surface area contributed by atoms with Gasteiger partial charge in [-0.2, -0.15) is 4.31 Å². The molecule has 3 rings (SSSR count). The third-order valence-corrected chi connectivity index (χ3v) is 6.80. The molecule has 0 aliphatic carbocycles. The maximum absolute atomic E-state index is 13.0. The van der Waals surface area contributed by atoms with Crippen molar-refractivity contribution in [1.82, 2.24) is 4.31 Å². The summed E-state index contributed by atoms with van der Waals surface area (Å²) in [7, 11) is -2.49. The van der Waals surface area contributed by atoms with Crippen LogP contribution in [0.5, 0.6) is 5.75 Å². The highest BCUT2D eigenvalue weighted by Crippen LogP contribution is 2.28. The summed E-state index contributed by atoms with van der Waals surface area (Å²) in [6.07, 6.45) is 0.243. The van der Waals surface area contributed by atoms with E-state index < -0.39 is 22.0 Å². The number of ether oxygens (including phenoxy) is 2. The van der Waals surface area contributed by atoms with Gasteiger partial charge >= 0.3 is 5.97 Å². The molecule has 0 saturated carbocycles. The number of carboxylic acids is 1. The number of nitrogens with zero attached hydrogens (tertiary/aromatic N) is 1. The molecule has 1 N–H and O–H groups in total. The van der Waals surface area contributed by atoms with Gasteiger partial charge in [-0.1, -0.05) is 12.1 Å². The number of hydrogen-bond donors (Lipinski definition) is 1. The fraction of sp³-hybridized carbons (Fsp3) is 0.350. The van der Waals surface area contributed by atoms with Crippen molar-refractivity contribution in [3.05, 3.63) is 59.9 Å². The van der Waals surface area contributed by atoms with Crippen LogP contribution in [0.4, 0.5) is 4.39 Å². The quantitative estimate of drug-likeness (QED) is 0.736. The maximum atomic E-state index is 13.0. The average Bonchev–Trinajstić information content (AvgIpc) is 2.73. The van der Waals surface area contributed by atoms with Crippen molar-refractivity contribution in [2.75, 3.05) is 13.7 Å². The lowest BCUT2D eigenvalue weighted by atomic mass is 10.0. The maximum Gasteiger partial charge on any atom is 0.322 e. The Morgan fingerprint density at radius 3 is 2.41 bits per heavy atom. The van der Waals surface area contributed by atoms with Crippen LogP contribution in [0, 0.1) is 5.82 Å². The number of carboxylic acid groups (broad SMARTS) is 1. The van der Waals surface area contributed by atoms with Crippen molar-refractivity contribution in [3.63, 3.8) is 0 Å². The van der Waals surface area contributed by atoms with E-state index in [4.69, 9.17) is 9.47 Å². The summed E-state index contributed by atoms with van der Waals surface area (Å²) in [6.45, 7) is 0.276. The van der Waals surface area contributed by atoms with Crippen molar-refractivity contribution in [1.29, 1.82) is 0 Å². The molecule has 2 aromatic carbocycles. The molecule has 1 saturated heterocycles. The number of carbonyl (C=O) groups is 1. The Hall–Kier alpha value is -2.49. The molecule has 0 amide bonds. The molecule has 1 aliphatic rings. The van der Waals surface area contributed by atoms with Crippen LogP contribution in [0.1, 0.15) is 18.4 Å². The van der Waals surface area contributed by atoms with Crippen molar-refractivity contribution in [3.8, 4) is 5.75 Å². The fourth-order valence-corrected chi connectivity index (χ4v) is 4.84. The van der Waals surface area contributed by atoms with Gasteiger partial charge in [0.1, 0.15) is 24.2 Å². The van der Waals surface area contributed by atoms with Crippen LogP contribution in [0.2, 0.25) is 0 Å². The van der Waals surface area contributed by atoms with Gasteiger partial charge < -0.3 is 14.6 Å². The Morgan fingerprint density at radius 2 is 1.83 bits per heavy atom. The highest BCUT2D eigenvalue weighted by atomic mass is 32.2. The second-order valence-electron chi connectivity index (χ2n) is 6.74. The first kappa shape index (κ1) is 21.2. The Bertz CT molecular complexity index is 946. The Kier molecular flexibility index (Phi) is 6.51. The van der Waals surface area contributed by atoms with E-state index in [9.17, 15) is 22.7 Å². The minimum Gasteiger partial charge on any atom is -0.489 e. The van der Waals surface area contributed by atoms with Crippen LogP contribution < -0.4 is 4.74 Å². The van der Waals surface area contributed by atoms with Crippen LogP contribution in [-0.2, 0) is 26.2 Å². The van der Waals surface area contributed by atoms with Gasteiger partial charge in [0, 0.05) is 20.1 Å². The summed E-state index contributed by atoms with van der Waals surface area (Å²) in [5, 5.41) is 9.47. The number of hydrogen-bond acceptors (Lipinski definition) is 5. The topological polar surface area (TPSA) is 93.1 Å². The molecule has 29 heavy (non-hydrogen) atoms. The first-order chi connectivity index (χ1) is 13.8. The third-order valence-electron chi connectivity index (χ3n) is 4.87. The number of sulfonamides is 1. The van der Waals surface area contributed by atoms with E-state index in [1.807, 2.05) is 0 Å². The van der Waals surface area contributed by atoms with E-state index in [-0.39, 0.29) is 36.4 Å². The lowest BCUT2D eigenvalue weighted by Crippen LogP contribution is -2.51. The predicted octanol–water partition coefficient (Wildman–Crippen LogP) is 2.66. The normalized spacial score (nSPS) is 20.3. The van der Waals surface area contributed by atoms with Gasteiger partial charge in [-0.15, -0.1) is 0 Å². The highest BCUT2D eigenvalue weighted by Gasteiger charge is 2.40. The summed E-state index contributed by atoms with van der Waals surface area (Å²) in [5.41, 5.74) is 0.772. The molecule has 2 unspecified atom stereocenters. The first-order valence-corrected chi connectivity index (χ1v) is 10.5. The molecule has 9 heteroatoms. The van der Waals surface area contributed by atoms with Gasteiger partial charge in [-0.25, -0.2) is 12.8 Å². The first-order valence-electron chi connectivity index (χ1n) is 9.06. The van der Waals surface area contributed by atoms with E-state index in [0.717, 1.165) is 9.87 Å². The van der Waals surface area contributed by atoms with E-state index in [0.29, 0.717) is 12.2 Å². The van der Waals surface area contributed by atoms with Gasteiger partial charge in [0.25, 0.3) is 0 Å². The van der Waals surface area contributed by atoms with E-state index in [1.165, 1.54) is 43.5 Å². The SMILES string of the molecule is COC1CCN(S(=O)(=O)c2ccc(OCc3ccc(F)cc3)cc2)C(C(=O)O)C1.